The summed E-state index contributed by atoms with van der Waals surface area (Å²) in [5.74, 6) is -0.504. The topological polar surface area (TPSA) is 87.7 Å². The number of carbonyl (C=O) groups excluding carboxylic acids is 3. The Morgan fingerprint density at radius 1 is 1.00 bits per heavy atom. The van der Waals surface area contributed by atoms with Crippen molar-refractivity contribution in [3.8, 4) is 0 Å². The Balaban J connectivity index is 1.89. The SMILES string of the molecule is CCN(CC)C(=O)c1cccc(NC(=O)[C@H](C)NC(=O)OCc2ccccc2)c1. The second-order valence-electron chi connectivity index (χ2n) is 6.48. The average molecular weight is 397 g/mol. The Bertz CT molecular complexity index is 835. The van der Waals surface area contributed by atoms with Crippen molar-refractivity contribution in [2.24, 2.45) is 0 Å². The van der Waals surface area contributed by atoms with E-state index in [9.17, 15) is 14.4 Å². The molecule has 0 radical (unpaired) electrons. The first-order valence-corrected chi connectivity index (χ1v) is 9.62. The highest BCUT2D eigenvalue weighted by atomic mass is 16.5. The van der Waals surface area contributed by atoms with Crippen molar-refractivity contribution in [1.29, 1.82) is 0 Å². The molecule has 2 N–H and O–H groups in total. The van der Waals surface area contributed by atoms with Crippen LogP contribution >= 0.6 is 0 Å². The number of alkyl carbamates (subject to hydrolysis) is 1. The first-order valence-electron chi connectivity index (χ1n) is 9.62. The standard InChI is InChI=1S/C22H27N3O4/c1-4-25(5-2)21(27)18-12-9-13-19(14-18)24-20(26)16(3)23-22(28)29-15-17-10-7-6-8-11-17/h6-14,16H,4-5,15H2,1-3H3,(H,23,28)(H,24,26)/t16-/m0/s1. The van der Waals surface area contributed by atoms with Crippen molar-refractivity contribution in [2.45, 2.75) is 33.4 Å². The summed E-state index contributed by atoms with van der Waals surface area (Å²) in [6, 6.07) is 15.2. The van der Waals surface area contributed by atoms with E-state index in [0.717, 1.165) is 5.56 Å². The number of ether oxygens (including phenoxy) is 1. The largest absolute Gasteiger partial charge is 0.445 e. The van der Waals surface area contributed by atoms with E-state index < -0.39 is 18.0 Å². The number of carbonyl (C=O) groups is 3. The molecule has 29 heavy (non-hydrogen) atoms. The Morgan fingerprint density at radius 3 is 2.34 bits per heavy atom. The molecule has 0 spiro atoms. The highest BCUT2D eigenvalue weighted by Gasteiger charge is 2.18. The van der Waals surface area contributed by atoms with Gasteiger partial charge in [-0.1, -0.05) is 36.4 Å². The Hall–Kier alpha value is -3.35. The van der Waals surface area contributed by atoms with Crippen LogP contribution in [-0.2, 0) is 16.1 Å². The second kappa shape index (κ2) is 10.8. The maximum absolute atomic E-state index is 12.5. The molecule has 0 bridgehead atoms. The van der Waals surface area contributed by atoms with E-state index in [4.69, 9.17) is 4.74 Å². The molecule has 154 valence electrons. The van der Waals surface area contributed by atoms with Crippen molar-refractivity contribution in [3.63, 3.8) is 0 Å². The molecular formula is C22H27N3O4. The highest BCUT2D eigenvalue weighted by Crippen LogP contribution is 2.13. The minimum Gasteiger partial charge on any atom is -0.445 e. The van der Waals surface area contributed by atoms with Gasteiger partial charge in [-0.2, -0.15) is 0 Å². The van der Waals surface area contributed by atoms with Crippen LogP contribution in [0.3, 0.4) is 0 Å². The minimum absolute atomic E-state index is 0.0956. The molecule has 0 saturated carbocycles. The van der Waals surface area contributed by atoms with Gasteiger partial charge in [0.1, 0.15) is 12.6 Å². The molecule has 0 aliphatic carbocycles. The van der Waals surface area contributed by atoms with Crippen molar-refractivity contribution in [2.75, 3.05) is 18.4 Å². The molecule has 1 atom stereocenters. The molecule has 0 heterocycles. The van der Waals surface area contributed by atoms with E-state index in [1.54, 1.807) is 36.1 Å². The fraction of sp³-hybridized carbons (Fsp3) is 0.318. The average Bonchev–Trinajstić information content (AvgIpc) is 2.74. The summed E-state index contributed by atoms with van der Waals surface area (Å²) in [5, 5.41) is 5.21. The van der Waals surface area contributed by atoms with Crippen LogP contribution in [0.25, 0.3) is 0 Å². The monoisotopic (exact) mass is 397 g/mol. The summed E-state index contributed by atoms with van der Waals surface area (Å²) >= 11 is 0. The van der Waals surface area contributed by atoms with Crippen molar-refractivity contribution >= 4 is 23.6 Å². The number of rotatable bonds is 8. The number of nitrogens with zero attached hydrogens (tertiary/aromatic N) is 1. The number of hydrogen-bond donors (Lipinski definition) is 2. The second-order valence-corrected chi connectivity index (χ2v) is 6.48. The number of hydrogen-bond acceptors (Lipinski definition) is 4. The van der Waals surface area contributed by atoms with E-state index in [1.165, 1.54) is 0 Å². The van der Waals surface area contributed by atoms with E-state index in [1.807, 2.05) is 44.2 Å². The third-order valence-electron chi connectivity index (χ3n) is 4.37. The van der Waals surface area contributed by atoms with Crippen LogP contribution < -0.4 is 10.6 Å². The van der Waals surface area contributed by atoms with E-state index >= 15 is 0 Å². The molecule has 0 saturated heterocycles. The van der Waals surface area contributed by atoms with Gasteiger partial charge in [0.05, 0.1) is 0 Å². The van der Waals surface area contributed by atoms with Crippen LogP contribution in [0.1, 0.15) is 36.7 Å². The van der Waals surface area contributed by atoms with Gasteiger partial charge in [-0.15, -0.1) is 0 Å². The molecule has 2 aromatic carbocycles. The van der Waals surface area contributed by atoms with E-state index in [0.29, 0.717) is 24.3 Å². The number of anilines is 1. The van der Waals surface area contributed by atoms with Gasteiger partial charge in [0.2, 0.25) is 5.91 Å². The van der Waals surface area contributed by atoms with Gasteiger partial charge in [-0.05, 0) is 44.5 Å². The van der Waals surface area contributed by atoms with Gasteiger partial charge in [0, 0.05) is 24.3 Å². The zero-order valence-corrected chi connectivity index (χ0v) is 17.0. The summed E-state index contributed by atoms with van der Waals surface area (Å²) in [4.78, 5) is 38.4. The van der Waals surface area contributed by atoms with Gasteiger partial charge in [0.15, 0.2) is 0 Å². The normalized spacial score (nSPS) is 11.3. The maximum Gasteiger partial charge on any atom is 0.408 e. The molecule has 0 aromatic heterocycles. The van der Waals surface area contributed by atoms with Gasteiger partial charge in [0.25, 0.3) is 5.91 Å². The zero-order valence-electron chi connectivity index (χ0n) is 17.0. The lowest BCUT2D eigenvalue weighted by atomic mass is 10.1. The fourth-order valence-corrected chi connectivity index (χ4v) is 2.68. The minimum atomic E-state index is -0.805. The summed E-state index contributed by atoms with van der Waals surface area (Å²) in [6.45, 7) is 6.73. The van der Waals surface area contributed by atoms with Crippen molar-refractivity contribution in [3.05, 3.63) is 65.7 Å². The Labute approximate surface area is 171 Å². The van der Waals surface area contributed by atoms with Gasteiger partial charge >= 0.3 is 6.09 Å². The lowest BCUT2D eigenvalue weighted by molar-refractivity contribution is -0.117. The maximum atomic E-state index is 12.5. The van der Waals surface area contributed by atoms with Crippen LogP contribution in [0.15, 0.2) is 54.6 Å². The van der Waals surface area contributed by atoms with Gasteiger partial charge in [-0.3, -0.25) is 9.59 Å². The molecule has 7 heteroatoms. The van der Waals surface area contributed by atoms with Crippen molar-refractivity contribution in [1.82, 2.24) is 10.2 Å². The first kappa shape index (κ1) is 21.9. The highest BCUT2D eigenvalue weighted by molar-refractivity contribution is 5.99. The molecule has 2 rings (SSSR count). The zero-order chi connectivity index (χ0) is 21.2. The lowest BCUT2D eigenvalue weighted by Gasteiger charge is -2.19. The summed E-state index contributed by atoms with van der Waals surface area (Å²) < 4.78 is 5.12. The van der Waals surface area contributed by atoms with Crippen molar-refractivity contribution < 1.29 is 19.1 Å². The van der Waals surface area contributed by atoms with Crippen LogP contribution in [0, 0.1) is 0 Å². The molecule has 0 fully saturated rings. The molecule has 2 aromatic rings. The fourth-order valence-electron chi connectivity index (χ4n) is 2.68. The summed E-state index contributed by atoms with van der Waals surface area (Å²) in [5.41, 5.74) is 1.84. The quantitative estimate of drug-likeness (QED) is 0.714. The molecule has 7 nitrogen and oxygen atoms in total. The first-order chi connectivity index (χ1) is 13.9. The third-order valence-corrected chi connectivity index (χ3v) is 4.37. The lowest BCUT2D eigenvalue weighted by Crippen LogP contribution is -2.41. The Kier molecular flexibility index (Phi) is 8.21. The van der Waals surface area contributed by atoms with E-state index in [2.05, 4.69) is 10.6 Å². The van der Waals surface area contributed by atoms with Gasteiger partial charge < -0.3 is 20.3 Å². The molecule has 3 amide bonds. The predicted molar refractivity (Wildman–Crippen MR) is 112 cm³/mol. The van der Waals surface area contributed by atoms with Crippen LogP contribution in [0.5, 0.6) is 0 Å². The summed E-state index contributed by atoms with van der Waals surface area (Å²) in [6.07, 6.45) is -0.679. The Morgan fingerprint density at radius 2 is 1.69 bits per heavy atom. The van der Waals surface area contributed by atoms with Crippen LogP contribution in [0.4, 0.5) is 10.5 Å². The molecule has 0 aliphatic rings. The van der Waals surface area contributed by atoms with Gasteiger partial charge in [-0.25, -0.2) is 4.79 Å². The number of benzene rings is 2. The van der Waals surface area contributed by atoms with E-state index in [-0.39, 0.29) is 12.5 Å². The number of amides is 3. The third kappa shape index (κ3) is 6.64. The number of nitrogens with one attached hydrogen (secondary N) is 2. The summed E-state index contributed by atoms with van der Waals surface area (Å²) in [7, 11) is 0. The molecule has 0 aliphatic heterocycles. The van der Waals surface area contributed by atoms with Crippen LogP contribution in [0.2, 0.25) is 0 Å². The molecule has 0 unspecified atom stereocenters. The molecular weight excluding hydrogens is 370 g/mol. The predicted octanol–water partition coefficient (Wildman–Crippen LogP) is 3.42. The smallest absolute Gasteiger partial charge is 0.408 e. The van der Waals surface area contributed by atoms with Crippen LogP contribution in [-0.4, -0.2) is 41.9 Å².